The molecule has 16 heavy (non-hydrogen) atoms. The van der Waals surface area contributed by atoms with Crippen molar-refractivity contribution in [3.8, 4) is 0 Å². The van der Waals surface area contributed by atoms with E-state index in [1.54, 1.807) is 9.77 Å². The lowest BCUT2D eigenvalue weighted by Crippen LogP contribution is -2.41. The van der Waals surface area contributed by atoms with Crippen LogP contribution in [0.3, 0.4) is 0 Å². The second-order valence-corrected chi connectivity index (χ2v) is 6.64. The Labute approximate surface area is 107 Å². The highest BCUT2D eigenvalue weighted by molar-refractivity contribution is 8.01. The van der Waals surface area contributed by atoms with Crippen LogP contribution in [0.25, 0.3) is 0 Å². The van der Waals surface area contributed by atoms with E-state index >= 15 is 0 Å². The van der Waals surface area contributed by atoms with E-state index in [4.69, 9.17) is 0 Å². The lowest BCUT2D eigenvalue weighted by atomic mass is 10.1. The first-order valence-corrected chi connectivity index (χ1v) is 8.14. The number of hydrogen-bond donors (Lipinski definition) is 0. The molecule has 0 saturated heterocycles. The highest BCUT2D eigenvalue weighted by atomic mass is 32.2. The predicted octanol–water partition coefficient (Wildman–Crippen LogP) is 3.89. The van der Waals surface area contributed by atoms with Crippen LogP contribution in [0.5, 0.6) is 0 Å². The maximum atomic E-state index is 2.69. The minimum Gasteiger partial charge on any atom is -0.299 e. The van der Waals surface area contributed by atoms with Crippen LogP contribution >= 0.6 is 23.1 Å². The summed E-state index contributed by atoms with van der Waals surface area (Å²) in [5.41, 5.74) is 1.59. The average molecular weight is 255 g/mol. The van der Waals surface area contributed by atoms with Crippen LogP contribution < -0.4 is 0 Å². The molecule has 2 rings (SSSR count). The van der Waals surface area contributed by atoms with Gasteiger partial charge >= 0.3 is 0 Å². The molecule has 1 aromatic heterocycles. The fourth-order valence-corrected chi connectivity index (χ4v) is 4.68. The van der Waals surface area contributed by atoms with Crippen molar-refractivity contribution in [2.24, 2.45) is 0 Å². The Morgan fingerprint density at radius 3 is 2.75 bits per heavy atom. The fourth-order valence-electron chi connectivity index (χ4n) is 2.37. The largest absolute Gasteiger partial charge is 0.299 e. The Morgan fingerprint density at radius 1 is 1.31 bits per heavy atom. The Bertz CT molecular complexity index is 315. The highest BCUT2D eigenvalue weighted by Crippen LogP contribution is 2.36. The van der Waals surface area contributed by atoms with Gasteiger partial charge in [0.1, 0.15) is 0 Å². The molecule has 1 aliphatic rings. The summed E-state index contributed by atoms with van der Waals surface area (Å²) in [5.74, 6) is 1.29. The molecule has 0 fully saturated rings. The SMILES string of the molecule is CCCN(CCC)C1CSc2sccc2C1. The van der Waals surface area contributed by atoms with Gasteiger partial charge < -0.3 is 0 Å². The summed E-state index contributed by atoms with van der Waals surface area (Å²) in [4.78, 5) is 2.69. The molecule has 1 atom stereocenters. The van der Waals surface area contributed by atoms with Crippen molar-refractivity contribution in [3.05, 3.63) is 17.0 Å². The summed E-state index contributed by atoms with van der Waals surface area (Å²) in [6, 6.07) is 3.09. The molecule has 1 unspecified atom stereocenters. The number of thiophene rings is 1. The van der Waals surface area contributed by atoms with E-state index in [0.29, 0.717) is 0 Å². The fraction of sp³-hybridized carbons (Fsp3) is 0.692. The average Bonchev–Trinajstić information content (AvgIpc) is 2.75. The molecule has 0 saturated carbocycles. The smallest absolute Gasteiger partial charge is 0.0631 e. The zero-order valence-corrected chi connectivity index (χ0v) is 11.9. The maximum Gasteiger partial charge on any atom is 0.0631 e. The summed E-state index contributed by atoms with van der Waals surface area (Å²) in [5, 5.41) is 2.24. The van der Waals surface area contributed by atoms with Crippen molar-refractivity contribution in [2.75, 3.05) is 18.8 Å². The lowest BCUT2D eigenvalue weighted by Gasteiger charge is -2.33. The van der Waals surface area contributed by atoms with E-state index in [0.717, 1.165) is 6.04 Å². The molecular weight excluding hydrogens is 234 g/mol. The van der Waals surface area contributed by atoms with Crippen LogP contribution in [0.1, 0.15) is 32.3 Å². The Hall–Kier alpha value is 0.0100. The highest BCUT2D eigenvalue weighted by Gasteiger charge is 2.24. The third-order valence-electron chi connectivity index (χ3n) is 3.11. The second-order valence-electron chi connectivity index (χ2n) is 4.44. The van der Waals surface area contributed by atoms with Crippen molar-refractivity contribution in [3.63, 3.8) is 0 Å². The van der Waals surface area contributed by atoms with Crippen LogP contribution in [0, 0.1) is 0 Å². The first kappa shape index (κ1) is 12.5. The van der Waals surface area contributed by atoms with Crippen LogP contribution in [-0.2, 0) is 6.42 Å². The molecule has 1 aliphatic heterocycles. The summed E-state index contributed by atoms with van der Waals surface area (Å²) < 4.78 is 1.56. The van der Waals surface area contributed by atoms with Gasteiger partial charge in [0.05, 0.1) is 4.21 Å². The van der Waals surface area contributed by atoms with Gasteiger partial charge in [-0.15, -0.1) is 23.1 Å². The second kappa shape index (κ2) is 6.08. The molecule has 3 heteroatoms. The molecule has 2 heterocycles. The van der Waals surface area contributed by atoms with Crippen LogP contribution in [0.4, 0.5) is 0 Å². The number of rotatable bonds is 5. The predicted molar refractivity (Wildman–Crippen MR) is 74.7 cm³/mol. The van der Waals surface area contributed by atoms with Crippen molar-refractivity contribution in [1.82, 2.24) is 4.90 Å². The van der Waals surface area contributed by atoms with Gasteiger partial charge in [0, 0.05) is 11.8 Å². The van der Waals surface area contributed by atoms with E-state index in [-0.39, 0.29) is 0 Å². The number of thioether (sulfide) groups is 1. The Morgan fingerprint density at radius 2 is 2.06 bits per heavy atom. The van der Waals surface area contributed by atoms with Gasteiger partial charge in [-0.05, 0) is 49.4 Å². The molecule has 1 aromatic rings. The topological polar surface area (TPSA) is 3.24 Å². The molecular formula is C13H21NS2. The van der Waals surface area contributed by atoms with E-state index in [1.165, 1.54) is 38.1 Å². The first-order valence-electron chi connectivity index (χ1n) is 6.28. The monoisotopic (exact) mass is 255 g/mol. The van der Waals surface area contributed by atoms with Gasteiger partial charge in [-0.25, -0.2) is 0 Å². The van der Waals surface area contributed by atoms with Crippen molar-refractivity contribution in [2.45, 2.75) is 43.4 Å². The molecule has 0 N–H and O–H groups in total. The summed E-state index contributed by atoms with van der Waals surface area (Å²) >= 11 is 3.97. The van der Waals surface area contributed by atoms with Crippen LogP contribution in [0.15, 0.2) is 15.7 Å². The van der Waals surface area contributed by atoms with E-state index in [2.05, 4.69) is 42.0 Å². The molecule has 0 amide bonds. The van der Waals surface area contributed by atoms with Gasteiger partial charge in [0.25, 0.3) is 0 Å². The van der Waals surface area contributed by atoms with Crippen LogP contribution in [-0.4, -0.2) is 29.8 Å². The molecule has 1 nitrogen and oxygen atoms in total. The van der Waals surface area contributed by atoms with E-state index in [9.17, 15) is 0 Å². The third kappa shape index (κ3) is 2.82. The van der Waals surface area contributed by atoms with Crippen LogP contribution in [0.2, 0.25) is 0 Å². The van der Waals surface area contributed by atoms with Gasteiger partial charge in [-0.1, -0.05) is 13.8 Å². The summed E-state index contributed by atoms with van der Waals surface area (Å²) in [6.45, 7) is 7.10. The van der Waals surface area contributed by atoms with Crippen molar-refractivity contribution >= 4 is 23.1 Å². The third-order valence-corrected chi connectivity index (χ3v) is 5.57. The van der Waals surface area contributed by atoms with E-state index < -0.39 is 0 Å². The number of nitrogens with zero attached hydrogens (tertiary/aromatic N) is 1. The summed E-state index contributed by atoms with van der Waals surface area (Å²) in [6.07, 6.45) is 3.82. The number of fused-ring (bicyclic) bond motifs is 1. The molecule has 0 aromatic carbocycles. The van der Waals surface area contributed by atoms with E-state index in [1.807, 2.05) is 11.3 Å². The quantitative estimate of drug-likeness (QED) is 0.785. The van der Waals surface area contributed by atoms with Gasteiger partial charge in [0.2, 0.25) is 0 Å². The normalized spacial score (nSPS) is 20.1. The van der Waals surface area contributed by atoms with Crippen molar-refractivity contribution < 1.29 is 0 Å². The Balaban J connectivity index is 2.00. The molecule has 0 spiro atoms. The lowest BCUT2D eigenvalue weighted by molar-refractivity contribution is 0.209. The first-order chi connectivity index (χ1) is 7.85. The van der Waals surface area contributed by atoms with Gasteiger partial charge in [-0.3, -0.25) is 4.90 Å². The zero-order valence-electron chi connectivity index (χ0n) is 10.2. The molecule has 90 valence electrons. The maximum absolute atomic E-state index is 2.69. The Kier molecular flexibility index (Phi) is 4.74. The summed E-state index contributed by atoms with van der Waals surface area (Å²) in [7, 11) is 0. The molecule has 0 bridgehead atoms. The zero-order chi connectivity index (χ0) is 11.4. The van der Waals surface area contributed by atoms with Crippen molar-refractivity contribution in [1.29, 1.82) is 0 Å². The van der Waals surface area contributed by atoms with Gasteiger partial charge in [-0.2, -0.15) is 0 Å². The van der Waals surface area contributed by atoms with Gasteiger partial charge in [0.15, 0.2) is 0 Å². The molecule has 0 aliphatic carbocycles. The number of hydrogen-bond acceptors (Lipinski definition) is 3. The minimum atomic E-state index is 0.770. The standard InChI is InChI=1S/C13H21NS2/c1-3-6-14(7-4-2)12-9-11-5-8-15-13(11)16-10-12/h5,8,12H,3-4,6-7,9-10H2,1-2H3. The minimum absolute atomic E-state index is 0.770. The molecule has 0 radical (unpaired) electrons.